The Morgan fingerprint density at radius 3 is 3.04 bits per heavy atom. The number of hydrogen-bond donors (Lipinski definition) is 2. The van der Waals surface area contributed by atoms with E-state index in [4.69, 9.17) is 0 Å². The van der Waals surface area contributed by atoms with Crippen LogP contribution in [0.15, 0.2) is 47.2 Å². The Balaban J connectivity index is 1.48. The SMILES string of the molecule is OC1CN(Cc2cccc3cc[nH]c23)CCN(C2=CC=NCC2)C1. The van der Waals surface area contributed by atoms with Crippen molar-refractivity contribution in [2.45, 2.75) is 19.1 Å². The van der Waals surface area contributed by atoms with Crippen molar-refractivity contribution in [2.24, 2.45) is 4.99 Å². The molecule has 0 spiro atoms. The topological polar surface area (TPSA) is 54.9 Å². The number of hydrogen-bond acceptors (Lipinski definition) is 4. The summed E-state index contributed by atoms with van der Waals surface area (Å²) in [4.78, 5) is 12.3. The fourth-order valence-corrected chi connectivity index (χ4v) is 3.72. The molecule has 5 nitrogen and oxygen atoms in total. The highest BCUT2D eigenvalue weighted by Gasteiger charge is 2.23. The van der Waals surface area contributed by atoms with Crippen molar-refractivity contribution in [1.29, 1.82) is 0 Å². The van der Waals surface area contributed by atoms with Gasteiger partial charge in [0, 0.05) is 69.3 Å². The average molecular weight is 324 g/mol. The first-order valence-corrected chi connectivity index (χ1v) is 8.69. The van der Waals surface area contributed by atoms with Gasteiger partial charge in [0.15, 0.2) is 0 Å². The second kappa shape index (κ2) is 6.79. The van der Waals surface area contributed by atoms with Crippen molar-refractivity contribution >= 4 is 17.1 Å². The normalized spacial score (nSPS) is 22.6. The number of nitrogens with zero attached hydrogens (tertiary/aromatic N) is 3. The molecule has 1 saturated heterocycles. The average Bonchev–Trinajstić information content (AvgIpc) is 3.01. The monoisotopic (exact) mass is 324 g/mol. The molecule has 1 aromatic carbocycles. The minimum atomic E-state index is -0.324. The number of aliphatic hydroxyl groups excluding tert-OH is 1. The summed E-state index contributed by atoms with van der Waals surface area (Å²) in [6, 6.07) is 8.52. The summed E-state index contributed by atoms with van der Waals surface area (Å²) >= 11 is 0. The summed E-state index contributed by atoms with van der Waals surface area (Å²) in [5.74, 6) is 0. The predicted octanol–water partition coefficient (Wildman–Crippen LogP) is 2.00. The second-order valence-electron chi connectivity index (χ2n) is 6.66. The number of H-pyrrole nitrogens is 1. The van der Waals surface area contributed by atoms with Crippen LogP contribution in [0.2, 0.25) is 0 Å². The largest absolute Gasteiger partial charge is 0.390 e. The lowest BCUT2D eigenvalue weighted by Crippen LogP contribution is -2.33. The molecule has 1 aromatic heterocycles. The molecule has 0 saturated carbocycles. The van der Waals surface area contributed by atoms with E-state index < -0.39 is 0 Å². The van der Waals surface area contributed by atoms with Gasteiger partial charge in [-0.2, -0.15) is 0 Å². The van der Waals surface area contributed by atoms with E-state index in [1.165, 1.54) is 22.2 Å². The van der Waals surface area contributed by atoms with Gasteiger partial charge in [-0.1, -0.05) is 18.2 Å². The van der Waals surface area contributed by atoms with E-state index >= 15 is 0 Å². The maximum atomic E-state index is 10.5. The zero-order valence-corrected chi connectivity index (χ0v) is 13.9. The summed E-state index contributed by atoms with van der Waals surface area (Å²) in [5.41, 5.74) is 3.80. The van der Waals surface area contributed by atoms with E-state index in [0.717, 1.165) is 39.1 Å². The van der Waals surface area contributed by atoms with Gasteiger partial charge in [0.1, 0.15) is 0 Å². The Morgan fingerprint density at radius 2 is 2.17 bits per heavy atom. The van der Waals surface area contributed by atoms with Crippen LogP contribution in [0.4, 0.5) is 0 Å². The van der Waals surface area contributed by atoms with E-state index in [0.29, 0.717) is 6.54 Å². The number of nitrogens with one attached hydrogen (secondary N) is 1. The van der Waals surface area contributed by atoms with Gasteiger partial charge in [0.25, 0.3) is 0 Å². The molecule has 3 heterocycles. The molecular formula is C19H24N4O. The van der Waals surface area contributed by atoms with E-state index in [1.807, 2.05) is 12.4 Å². The van der Waals surface area contributed by atoms with E-state index in [1.54, 1.807) is 0 Å². The number of fused-ring (bicyclic) bond motifs is 1. The quantitative estimate of drug-likeness (QED) is 0.908. The fraction of sp³-hybridized carbons (Fsp3) is 0.421. The smallest absolute Gasteiger partial charge is 0.0841 e. The molecule has 5 heteroatoms. The number of aliphatic imine (C=N–C) groups is 1. The number of β-amino-alcohol motifs (C(OH)–C–C–N with tert-alkyl or cyclic N) is 1. The van der Waals surface area contributed by atoms with Crippen LogP contribution < -0.4 is 0 Å². The van der Waals surface area contributed by atoms with Gasteiger partial charge < -0.3 is 15.0 Å². The third kappa shape index (κ3) is 3.23. The van der Waals surface area contributed by atoms with Crippen LogP contribution in [0.3, 0.4) is 0 Å². The van der Waals surface area contributed by atoms with Crippen molar-refractivity contribution < 1.29 is 5.11 Å². The van der Waals surface area contributed by atoms with Crippen LogP contribution in [0, 0.1) is 0 Å². The standard InChI is InChI=1S/C19H24N4O/c24-18-13-22(10-11-23(14-18)17-5-7-20-8-6-17)12-16-3-1-2-15-4-9-21-19(15)16/h1-5,7,9,18,21,24H,6,8,10-14H2. The number of aliphatic hydroxyl groups is 1. The van der Waals surface area contributed by atoms with Gasteiger partial charge in [-0.15, -0.1) is 0 Å². The van der Waals surface area contributed by atoms with Crippen LogP contribution in [-0.2, 0) is 6.54 Å². The number of rotatable bonds is 3. The number of aromatic nitrogens is 1. The molecule has 126 valence electrons. The Bertz CT molecular complexity index is 764. The van der Waals surface area contributed by atoms with Gasteiger partial charge in [-0.3, -0.25) is 9.89 Å². The molecule has 4 rings (SSSR count). The number of para-hydroxylation sites is 1. The van der Waals surface area contributed by atoms with Crippen LogP contribution in [0.25, 0.3) is 10.9 Å². The summed E-state index contributed by atoms with van der Waals surface area (Å²) in [6.07, 6.45) is 6.62. The van der Waals surface area contributed by atoms with E-state index in [-0.39, 0.29) is 6.10 Å². The summed E-state index contributed by atoms with van der Waals surface area (Å²) in [6.45, 7) is 5.07. The Morgan fingerprint density at radius 1 is 1.21 bits per heavy atom. The van der Waals surface area contributed by atoms with Crippen LogP contribution in [0.5, 0.6) is 0 Å². The first-order valence-electron chi connectivity index (χ1n) is 8.69. The van der Waals surface area contributed by atoms with Crippen molar-refractivity contribution in [3.63, 3.8) is 0 Å². The van der Waals surface area contributed by atoms with E-state index in [9.17, 15) is 5.11 Å². The molecule has 0 aliphatic carbocycles. The predicted molar refractivity (Wildman–Crippen MR) is 97.2 cm³/mol. The van der Waals surface area contributed by atoms with Crippen LogP contribution >= 0.6 is 0 Å². The van der Waals surface area contributed by atoms with Crippen molar-refractivity contribution in [2.75, 3.05) is 32.7 Å². The summed E-state index contributed by atoms with van der Waals surface area (Å²) in [5, 5.41) is 11.7. The van der Waals surface area contributed by atoms with Gasteiger partial charge in [0.2, 0.25) is 0 Å². The zero-order chi connectivity index (χ0) is 16.4. The molecule has 0 bridgehead atoms. The van der Waals surface area contributed by atoms with Gasteiger partial charge in [-0.05, 0) is 23.1 Å². The van der Waals surface area contributed by atoms with Crippen molar-refractivity contribution in [3.05, 3.63) is 47.8 Å². The van der Waals surface area contributed by atoms with Gasteiger partial charge >= 0.3 is 0 Å². The molecule has 1 atom stereocenters. The Hall–Kier alpha value is -2.11. The zero-order valence-electron chi connectivity index (χ0n) is 13.9. The number of aromatic amines is 1. The highest BCUT2D eigenvalue weighted by molar-refractivity contribution is 5.82. The maximum Gasteiger partial charge on any atom is 0.0841 e. The lowest BCUT2D eigenvalue weighted by molar-refractivity contribution is 0.114. The molecule has 1 fully saturated rings. The molecule has 24 heavy (non-hydrogen) atoms. The Labute approximate surface area is 142 Å². The first kappa shape index (κ1) is 15.4. The third-order valence-electron chi connectivity index (χ3n) is 4.93. The van der Waals surface area contributed by atoms with Crippen molar-refractivity contribution in [1.82, 2.24) is 14.8 Å². The lowest BCUT2D eigenvalue weighted by atomic mass is 10.1. The van der Waals surface area contributed by atoms with Gasteiger partial charge in [-0.25, -0.2) is 0 Å². The third-order valence-corrected chi connectivity index (χ3v) is 4.93. The van der Waals surface area contributed by atoms with Crippen molar-refractivity contribution in [3.8, 4) is 0 Å². The highest BCUT2D eigenvalue weighted by atomic mass is 16.3. The van der Waals surface area contributed by atoms with E-state index in [2.05, 4.69) is 50.1 Å². The molecule has 0 radical (unpaired) electrons. The summed E-state index contributed by atoms with van der Waals surface area (Å²) < 4.78 is 0. The molecule has 2 aliphatic heterocycles. The lowest BCUT2D eigenvalue weighted by Gasteiger charge is -2.27. The van der Waals surface area contributed by atoms with Crippen LogP contribution in [0.1, 0.15) is 12.0 Å². The molecule has 1 unspecified atom stereocenters. The summed E-state index contributed by atoms with van der Waals surface area (Å²) in [7, 11) is 0. The number of dihydropyridines is 1. The molecule has 2 aliphatic rings. The molecular weight excluding hydrogens is 300 g/mol. The minimum Gasteiger partial charge on any atom is -0.390 e. The number of allylic oxidation sites excluding steroid dienone is 1. The maximum absolute atomic E-state index is 10.5. The highest BCUT2D eigenvalue weighted by Crippen LogP contribution is 2.20. The van der Waals surface area contributed by atoms with Gasteiger partial charge in [0.05, 0.1) is 6.10 Å². The molecule has 2 aromatic rings. The second-order valence-corrected chi connectivity index (χ2v) is 6.66. The number of benzene rings is 1. The Kier molecular flexibility index (Phi) is 4.36. The first-order chi connectivity index (χ1) is 11.8. The molecule has 0 amide bonds. The fourth-order valence-electron chi connectivity index (χ4n) is 3.72. The minimum absolute atomic E-state index is 0.324. The molecule has 2 N–H and O–H groups in total. The van der Waals surface area contributed by atoms with Crippen LogP contribution in [-0.4, -0.2) is 64.9 Å².